The van der Waals surface area contributed by atoms with E-state index >= 15 is 0 Å². The lowest BCUT2D eigenvalue weighted by molar-refractivity contribution is 0.240. The number of carbonyl (C=O) groups is 1. The molecule has 0 aromatic heterocycles. The summed E-state index contributed by atoms with van der Waals surface area (Å²) in [6, 6.07) is 16.3. The molecule has 1 unspecified atom stereocenters. The average molecular weight is 324 g/mol. The number of fused-ring (bicyclic) bond motifs is 1. The van der Waals surface area contributed by atoms with E-state index in [1.807, 2.05) is 41.3 Å². The maximum absolute atomic E-state index is 12.5. The van der Waals surface area contributed by atoms with Crippen LogP contribution in [0.5, 0.6) is 5.75 Å². The van der Waals surface area contributed by atoms with Gasteiger partial charge in [0.05, 0.1) is 6.54 Å². The highest BCUT2D eigenvalue weighted by atomic mass is 16.5. The molecule has 1 N–H and O–H groups in total. The lowest BCUT2D eigenvalue weighted by atomic mass is 10.1. The second-order valence-corrected chi connectivity index (χ2v) is 6.13. The SMILES string of the molecule is CCc1cccc(OCCNC(=O)N2c3ccccc3CC2C)c1. The predicted octanol–water partition coefficient (Wildman–Crippen LogP) is 3.79. The molecule has 24 heavy (non-hydrogen) atoms. The summed E-state index contributed by atoms with van der Waals surface area (Å²) >= 11 is 0. The number of para-hydroxylation sites is 1. The molecule has 1 heterocycles. The molecule has 0 saturated heterocycles. The van der Waals surface area contributed by atoms with Gasteiger partial charge < -0.3 is 10.1 Å². The third-order valence-electron chi connectivity index (χ3n) is 4.38. The molecule has 2 amide bonds. The number of nitrogens with one attached hydrogen (secondary N) is 1. The Morgan fingerprint density at radius 1 is 1.25 bits per heavy atom. The van der Waals surface area contributed by atoms with E-state index in [0.717, 1.165) is 24.3 Å². The normalized spacial score (nSPS) is 15.9. The molecule has 0 radical (unpaired) electrons. The fourth-order valence-electron chi connectivity index (χ4n) is 3.14. The Morgan fingerprint density at radius 2 is 2.08 bits per heavy atom. The summed E-state index contributed by atoms with van der Waals surface area (Å²) in [7, 11) is 0. The van der Waals surface area contributed by atoms with E-state index < -0.39 is 0 Å². The molecule has 0 fully saturated rings. The first kappa shape index (κ1) is 16.4. The summed E-state index contributed by atoms with van der Waals surface area (Å²) in [6.07, 6.45) is 1.89. The van der Waals surface area contributed by atoms with Crippen molar-refractivity contribution in [1.82, 2.24) is 5.32 Å². The molecule has 2 aromatic carbocycles. The molecule has 0 bridgehead atoms. The van der Waals surface area contributed by atoms with Gasteiger partial charge in [0.2, 0.25) is 0 Å². The number of anilines is 1. The number of ether oxygens (including phenoxy) is 1. The zero-order chi connectivity index (χ0) is 16.9. The summed E-state index contributed by atoms with van der Waals surface area (Å²) in [5, 5.41) is 2.96. The van der Waals surface area contributed by atoms with Crippen molar-refractivity contribution in [2.45, 2.75) is 32.7 Å². The van der Waals surface area contributed by atoms with Gasteiger partial charge in [0, 0.05) is 11.7 Å². The van der Waals surface area contributed by atoms with Crippen molar-refractivity contribution in [1.29, 1.82) is 0 Å². The first-order valence-corrected chi connectivity index (χ1v) is 8.55. The molecule has 1 atom stereocenters. The zero-order valence-electron chi connectivity index (χ0n) is 14.3. The number of carbonyl (C=O) groups excluding carboxylic acids is 1. The van der Waals surface area contributed by atoms with Gasteiger partial charge in [-0.1, -0.05) is 37.3 Å². The largest absolute Gasteiger partial charge is 0.492 e. The number of hydrogen-bond acceptors (Lipinski definition) is 2. The molecule has 4 nitrogen and oxygen atoms in total. The highest BCUT2D eigenvalue weighted by Gasteiger charge is 2.30. The van der Waals surface area contributed by atoms with Crippen molar-refractivity contribution in [2.24, 2.45) is 0 Å². The summed E-state index contributed by atoms with van der Waals surface area (Å²) < 4.78 is 5.72. The fourth-order valence-corrected chi connectivity index (χ4v) is 3.14. The van der Waals surface area contributed by atoms with Crippen LogP contribution in [0.2, 0.25) is 0 Å². The van der Waals surface area contributed by atoms with E-state index in [-0.39, 0.29) is 12.1 Å². The van der Waals surface area contributed by atoms with Gasteiger partial charge in [0.25, 0.3) is 0 Å². The maximum atomic E-state index is 12.5. The van der Waals surface area contributed by atoms with Crippen molar-refractivity contribution in [2.75, 3.05) is 18.1 Å². The van der Waals surface area contributed by atoms with Gasteiger partial charge in [-0.15, -0.1) is 0 Å². The lowest BCUT2D eigenvalue weighted by Crippen LogP contribution is -2.44. The Hall–Kier alpha value is -2.49. The fraction of sp³-hybridized carbons (Fsp3) is 0.350. The van der Waals surface area contributed by atoms with Gasteiger partial charge in [-0.3, -0.25) is 4.90 Å². The van der Waals surface area contributed by atoms with Crippen LogP contribution in [0.15, 0.2) is 48.5 Å². The van der Waals surface area contributed by atoms with Crippen LogP contribution in [0.3, 0.4) is 0 Å². The summed E-state index contributed by atoms with van der Waals surface area (Å²) in [5.74, 6) is 0.850. The highest BCUT2D eigenvalue weighted by molar-refractivity contribution is 5.94. The van der Waals surface area contributed by atoms with Crippen LogP contribution >= 0.6 is 0 Å². The minimum atomic E-state index is -0.0571. The van der Waals surface area contributed by atoms with E-state index in [4.69, 9.17) is 4.74 Å². The molecular formula is C20H24N2O2. The van der Waals surface area contributed by atoms with Crippen LogP contribution in [0.25, 0.3) is 0 Å². The summed E-state index contributed by atoms with van der Waals surface area (Å²) in [6.45, 7) is 5.14. The van der Waals surface area contributed by atoms with Gasteiger partial charge in [0.15, 0.2) is 0 Å². The van der Waals surface area contributed by atoms with E-state index in [2.05, 4.69) is 31.3 Å². The van der Waals surface area contributed by atoms with E-state index in [9.17, 15) is 4.79 Å². The first-order valence-electron chi connectivity index (χ1n) is 8.55. The Kier molecular flexibility index (Phi) is 5.04. The molecule has 126 valence electrons. The lowest BCUT2D eigenvalue weighted by Gasteiger charge is -2.23. The van der Waals surface area contributed by atoms with Crippen LogP contribution in [0.1, 0.15) is 25.0 Å². The molecule has 0 aliphatic carbocycles. The molecule has 0 saturated carbocycles. The first-order chi connectivity index (χ1) is 11.7. The van der Waals surface area contributed by atoms with Crippen LogP contribution in [-0.2, 0) is 12.8 Å². The summed E-state index contributed by atoms with van der Waals surface area (Å²) in [5.41, 5.74) is 3.49. The maximum Gasteiger partial charge on any atom is 0.322 e. The van der Waals surface area contributed by atoms with Crippen LogP contribution in [-0.4, -0.2) is 25.2 Å². The van der Waals surface area contributed by atoms with Gasteiger partial charge in [-0.05, 0) is 49.1 Å². The monoisotopic (exact) mass is 324 g/mol. The van der Waals surface area contributed by atoms with Crippen molar-refractivity contribution in [3.05, 3.63) is 59.7 Å². The van der Waals surface area contributed by atoms with Crippen molar-refractivity contribution < 1.29 is 9.53 Å². The van der Waals surface area contributed by atoms with E-state index in [0.29, 0.717) is 13.2 Å². The second kappa shape index (κ2) is 7.39. The van der Waals surface area contributed by atoms with E-state index in [1.54, 1.807) is 0 Å². The van der Waals surface area contributed by atoms with Crippen molar-refractivity contribution in [3.63, 3.8) is 0 Å². The Bertz CT molecular complexity index is 714. The highest BCUT2D eigenvalue weighted by Crippen LogP contribution is 2.31. The average Bonchev–Trinajstić information content (AvgIpc) is 2.94. The molecule has 1 aliphatic heterocycles. The molecule has 2 aromatic rings. The number of rotatable bonds is 5. The smallest absolute Gasteiger partial charge is 0.322 e. The van der Waals surface area contributed by atoms with Gasteiger partial charge in [0.1, 0.15) is 12.4 Å². The minimum Gasteiger partial charge on any atom is -0.492 e. The van der Waals surface area contributed by atoms with Crippen LogP contribution in [0, 0.1) is 0 Å². The minimum absolute atomic E-state index is 0.0571. The van der Waals surface area contributed by atoms with Crippen LogP contribution < -0.4 is 15.0 Å². The number of aryl methyl sites for hydroxylation is 1. The van der Waals surface area contributed by atoms with Crippen molar-refractivity contribution >= 4 is 11.7 Å². The third-order valence-corrected chi connectivity index (χ3v) is 4.38. The number of amides is 2. The second-order valence-electron chi connectivity index (χ2n) is 6.13. The Morgan fingerprint density at radius 3 is 2.92 bits per heavy atom. The molecule has 0 spiro atoms. The molecule has 3 rings (SSSR count). The predicted molar refractivity (Wildman–Crippen MR) is 96.8 cm³/mol. The molecular weight excluding hydrogens is 300 g/mol. The number of benzene rings is 2. The number of nitrogens with zero attached hydrogens (tertiary/aromatic N) is 1. The van der Waals surface area contributed by atoms with Crippen LogP contribution in [0.4, 0.5) is 10.5 Å². The van der Waals surface area contributed by atoms with Gasteiger partial charge in [-0.2, -0.15) is 0 Å². The summed E-state index contributed by atoms with van der Waals surface area (Å²) in [4.78, 5) is 14.3. The molecule has 4 heteroatoms. The van der Waals surface area contributed by atoms with Crippen molar-refractivity contribution in [3.8, 4) is 5.75 Å². The Balaban J connectivity index is 1.51. The van der Waals surface area contributed by atoms with Gasteiger partial charge >= 0.3 is 6.03 Å². The number of hydrogen-bond donors (Lipinski definition) is 1. The topological polar surface area (TPSA) is 41.6 Å². The van der Waals surface area contributed by atoms with Gasteiger partial charge in [-0.25, -0.2) is 4.79 Å². The Labute approximate surface area is 143 Å². The van der Waals surface area contributed by atoms with E-state index in [1.165, 1.54) is 11.1 Å². The third kappa shape index (κ3) is 3.53. The standard InChI is InChI=1S/C20H24N2O2/c1-3-16-7-6-9-18(14-16)24-12-11-21-20(23)22-15(2)13-17-8-4-5-10-19(17)22/h4-10,14-15H,3,11-13H2,1-2H3,(H,21,23). The number of urea groups is 1. The molecule has 1 aliphatic rings. The quantitative estimate of drug-likeness (QED) is 0.850. The zero-order valence-corrected chi connectivity index (χ0v) is 14.3.